The van der Waals surface area contributed by atoms with Gasteiger partial charge in [-0.3, -0.25) is 4.79 Å². The number of ether oxygens (including phenoxy) is 1. The number of amides is 1. The molecule has 1 amide bonds. The number of halogens is 3. The van der Waals surface area contributed by atoms with Crippen molar-refractivity contribution in [3.05, 3.63) is 75.8 Å². The summed E-state index contributed by atoms with van der Waals surface area (Å²) < 4.78 is 34.9. The lowest BCUT2D eigenvalue weighted by molar-refractivity contribution is 0.0591. The molecule has 5 nitrogen and oxygen atoms in total. The largest absolute Gasteiger partial charge is 0.496 e. The van der Waals surface area contributed by atoms with Crippen LogP contribution in [0.25, 0.3) is 21.2 Å². The lowest BCUT2D eigenvalue weighted by Crippen LogP contribution is -2.41. The van der Waals surface area contributed by atoms with Gasteiger partial charge in [0.1, 0.15) is 28.1 Å². The van der Waals surface area contributed by atoms with E-state index in [-0.39, 0.29) is 38.5 Å². The van der Waals surface area contributed by atoms with Crippen LogP contribution in [-0.4, -0.2) is 28.9 Å². The van der Waals surface area contributed by atoms with Crippen LogP contribution < -0.4 is 10.5 Å². The number of thiophene rings is 1. The molecular weight excluding hydrogens is 540 g/mol. The second kappa shape index (κ2) is 11.5. The molecule has 0 atom stereocenters. The van der Waals surface area contributed by atoms with Crippen molar-refractivity contribution in [2.75, 3.05) is 12.8 Å². The van der Waals surface area contributed by atoms with Crippen molar-refractivity contribution in [1.29, 1.82) is 0 Å². The second-order valence-corrected chi connectivity index (χ2v) is 11.4. The summed E-state index contributed by atoms with van der Waals surface area (Å²) in [5, 5.41) is -0.0898. The van der Waals surface area contributed by atoms with Gasteiger partial charge in [-0.25, -0.2) is 13.8 Å². The fraction of sp³-hybridized carbons (Fsp3) is 0.333. The Morgan fingerprint density at radius 2 is 1.82 bits per heavy atom. The highest BCUT2D eigenvalue weighted by molar-refractivity contribution is 7.21. The summed E-state index contributed by atoms with van der Waals surface area (Å²) in [5.74, 6) is 0.125. The first-order chi connectivity index (χ1) is 18.8. The molecule has 0 unspecified atom stereocenters. The van der Waals surface area contributed by atoms with Gasteiger partial charge >= 0.3 is 0 Å². The average Bonchev–Trinajstić information content (AvgIpc) is 3.32. The van der Waals surface area contributed by atoms with Crippen LogP contribution in [0.4, 0.5) is 14.6 Å². The van der Waals surface area contributed by atoms with E-state index in [1.165, 1.54) is 0 Å². The van der Waals surface area contributed by atoms with Crippen LogP contribution in [0.15, 0.2) is 48.7 Å². The summed E-state index contributed by atoms with van der Waals surface area (Å²) in [6, 6.07) is 11.5. The topological polar surface area (TPSA) is 68.4 Å². The zero-order chi connectivity index (χ0) is 27.7. The number of anilines is 1. The lowest BCUT2D eigenvalue weighted by atomic mass is 9.83. The third kappa shape index (κ3) is 5.45. The molecule has 2 N–H and O–H groups in total. The SMILES string of the molecule is CCC1CCC(N(Cc2cc(-c3ccc(N)nc3)ccc2OC)C(=O)c2sc3c(F)ccc(F)c3c2Cl)CC1. The van der Waals surface area contributed by atoms with Crippen molar-refractivity contribution in [2.45, 2.75) is 51.6 Å². The molecule has 2 aromatic carbocycles. The number of methoxy groups -OCH3 is 1. The third-order valence-corrected chi connectivity index (χ3v) is 9.39. The Morgan fingerprint density at radius 1 is 1.10 bits per heavy atom. The number of hydrogen-bond donors (Lipinski definition) is 1. The van der Waals surface area contributed by atoms with E-state index in [0.29, 0.717) is 17.5 Å². The summed E-state index contributed by atoms with van der Waals surface area (Å²) >= 11 is 7.45. The molecule has 5 rings (SSSR count). The summed E-state index contributed by atoms with van der Waals surface area (Å²) in [5.41, 5.74) is 8.37. The van der Waals surface area contributed by atoms with Crippen LogP contribution >= 0.6 is 22.9 Å². The van der Waals surface area contributed by atoms with E-state index in [9.17, 15) is 13.6 Å². The van der Waals surface area contributed by atoms with Crippen molar-refractivity contribution in [1.82, 2.24) is 9.88 Å². The summed E-state index contributed by atoms with van der Waals surface area (Å²) in [6.45, 7) is 2.45. The standard InChI is InChI=1S/C30H30ClF2N3O2S/c1-3-17-4-8-21(9-5-17)36(30(37)29-27(31)26-22(32)10-11-23(33)28(26)39-29)16-20-14-18(6-12-24(20)38-2)19-7-13-25(34)35-15-19/h6-7,10-15,17,21H,3-5,8-9,16H2,1-2H3,(H2,34,35). The van der Waals surface area contributed by atoms with Gasteiger partial charge in [-0.05, 0) is 73.6 Å². The Kier molecular flexibility index (Phi) is 8.05. The van der Waals surface area contributed by atoms with Crippen LogP contribution in [-0.2, 0) is 6.54 Å². The highest BCUT2D eigenvalue weighted by Gasteiger charge is 2.33. The van der Waals surface area contributed by atoms with E-state index in [4.69, 9.17) is 22.1 Å². The normalized spacial score (nSPS) is 17.4. The Morgan fingerprint density at radius 3 is 2.46 bits per heavy atom. The Labute approximate surface area is 235 Å². The van der Waals surface area contributed by atoms with Crippen molar-refractivity contribution in [2.24, 2.45) is 5.92 Å². The maximum Gasteiger partial charge on any atom is 0.266 e. The van der Waals surface area contributed by atoms with Gasteiger partial charge in [0.25, 0.3) is 5.91 Å². The monoisotopic (exact) mass is 569 g/mol. The van der Waals surface area contributed by atoms with Gasteiger partial charge in [0.05, 0.1) is 22.2 Å². The number of rotatable bonds is 7. The van der Waals surface area contributed by atoms with Crippen LogP contribution in [0.3, 0.4) is 0 Å². The van der Waals surface area contributed by atoms with Crippen molar-refractivity contribution in [3.8, 4) is 16.9 Å². The molecule has 1 fully saturated rings. The minimum absolute atomic E-state index is 0.0391. The highest BCUT2D eigenvalue weighted by Crippen LogP contribution is 2.41. The second-order valence-electron chi connectivity index (χ2n) is 9.99. The molecule has 4 aromatic rings. The number of aromatic nitrogens is 1. The molecule has 9 heteroatoms. The summed E-state index contributed by atoms with van der Waals surface area (Å²) in [6.07, 6.45) is 6.53. The number of nitrogen functional groups attached to an aromatic ring is 1. The Bertz CT molecular complexity index is 1500. The number of hydrogen-bond acceptors (Lipinski definition) is 5. The number of fused-ring (bicyclic) bond motifs is 1. The molecule has 1 aliphatic carbocycles. The van der Waals surface area contributed by atoms with Crippen LogP contribution in [0.2, 0.25) is 5.02 Å². The maximum atomic E-state index is 14.6. The predicted octanol–water partition coefficient (Wildman–Crippen LogP) is 8.10. The molecule has 1 aliphatic rings. The minimum Gasteiger partial charge on any atom is -0.496 e. The molecule has 0 bridgehead atoms. The quantitative estimate of drug-likeness (QED) is 0.244. The summed E-state index contributed by atoms with van der Waals surface area (Å²) in [4.78, 5) is 20.3. The van der Waals surface area contributed by atoms with Gasteiger partial charge in [0, 0.05) is 29.9 Å². The van der Waals surface area contributed by atoms with Crippen molar-refractivity contribution in [3.63, 3.8) is 0 Å². The Balaban J connectivity index is 1.55. The molecule has 2 heterocycles. The predicted molar refractivity (Wildman–Crippen MR) is 153 cm³/mol. The van der Waals surface area contributed by atoms with Crippen molar-refractivity contribution < 1.29 is 18.3 Å². The van der Waals surface area contributed by atoms with Gasteiger partial charge in [0.15, 0.2) is 0 Å². The lowest BCUT2D eigenvalue weighted by Gasteiger charge is -2.37. The van der Waals surface area contributed by atoms with E-state index < -0.39 is 11.6 Å². The zero-order valence-electron chi connectivity index (χ0n) is 21.8. The molecule has 0 aliphatic heterocycles. The van der Waals surface area contributed by atoms with E-state index in [0.717, 1.165) is 72.3 Å². The molecule has 0 radical (unpaired) electrons. The molecular formula is C30H30ClF2N3O2S. The van der Waals surface area contributed by atoms with E-state index in [2.05, 4.69) is 11.9 Å². The molecule has 0 spiro atoms. The fourth-order valence-electron chi connectivity index (χ4n) is 5.44. The molecule has 0 saturated heterocycles. The van der Waals surface area contributed by atoms with Crippen LogP contribution in [0.1, 0.15) is 54.3 Å². The third-order valence-electron chi connectivity index (χ3n) is 7.71. The molecule has 39 heavy (non-hydrogen) atoms. The molecule has 204 valence electrons. The van der Waals surface area contributed by atoms with Gasteiger partial charge < -0.3 is 15.4 Å². The van der Waals surface area contributed by atoms with E-state index in [1.54, 1.807) is 24.3 Å². The molecule has 1 saturated carbocycles. The van der Waals surface area contributed by atoms with Crippen LogP contribution in [0.5, 0.6) is 5.75 Å². The number of carbonyl (C=O) groups is 1. The van der Waals surface area contributed by atoms with Crippen LogP contribution in [0, 0.1) is 17.6 Å². The Hall–Kier alpha value is -3.23. The van der Waals surface area contributed by atoms with Gasteiger partial charge in [0.2, 0.25) is 0 Å². The first-order valence-electron chi connectivity index (χ1n) is 13.1. The number of carbonyl (C=O) groups excluding carboxylic acids is 1. The first-order valence-corrected chi connectivity index (χ1v) is 14.3. The number of nitrogens with zero attached hydrogens (tertiary/aromatic N) is 2. The van der Waals surface area contributed by atoms with Gasteiger partial charge in [-0.2, -0.15) is 0 Å². The van der Waals surface area contributed by atoms with Gasteiger partial charge in [-0.15, -0.1) is 11.3 Å². The van der Waals surface area contributed by atoms with E-state index >= 15 is 0 Å². The number of benzene rings is 2. The number of nitrogens with two attached hydrogens (primary N) is 1. The molecule has 2 aromatic heterocycles. The maximum absolute atomic E-state index is 14.6. The summed E-state index contributed by atoms with van der Waals surface area (Å²) in [7, 11) is 1.59. The number of pyridine rings is 1. The zero-order valence-corrected chi connectivity index (χ0v) is 23.4. The average molecular weight is 570 g/mol. The van der Waals surface area contributed by atoms with Crippen molar-refractivity contribution >= 4 is 44.7 Å². The van der Waals surface area contributed by atoms with E-state index in [1.807, 2.05) is 24.3 Å². The fourth-order valence-corrected chi connectivity index (χ4v) is 6.94. The smallest absolute Gasteiger partial charge is 0.266 e. The first kappa shape index (κ1) is 27.3. The van der Waals surface area contributed by atoms with Gasteiger partial charge in [-0.1, -0.05) is 31.0 Å². The highest BCUT2D eigenvalue weighted by atomic mass is 35.5. The minimum atomic E-state index is -0.645.